The highest BCUT2D eigenvalue weighted by Crippen LogP contribution is 2.35. The molecule has 0 amide bonds. The summed E-state index contributed by atoms with van der Waals surface area (Å²) in [5, 5.41) is 12.5. The van der Waals surface area contributed by atoms with Crippen LogP contribution in [-0.4, -0.2) is 37.9 Å². The number of aliphatic imine (C=N–C) groups is 1. The number of fused-ring (bicyclic) bond motifs is 2. The normalized spacial score (nSPS) is 21.4. The molecule has 0 radical (unpaired) electrons. The minimum Gasteiger partial charge on any atom is -0.481 e. The zero-order chi connectivity index (χ0) is 16.7. The Hall–Kier alpha value is -1.57. The minimum atomic E-state index is -0.859. The van der Waals surface area contributed by atoms with Crippen LogP contribution in [0.5, 0.6) is 0 Å². The lowest BCUT2D eigenvalue weighted by Crippen LogP contribution is -2.38. The van der Waals surface area contributed by atoms with Crippen LogP contribution in [0.25, 0.3) is 0 Å². The molecule has 2 aliphatic heterocycles. The number of thiazole rings is 1. The summed E-state index contributed by atoms with van der Waals surface area (Å²) >= 11 is 3.17. The van der Waals surface area contributed by atoms with E-state index in [0.717, 1.165) is 23.9 Å². The number of rotatable bonds is 3. The number of aliphatic carboxylic acids is 1. The Balaban J connectivity index is 0.00000182. The topological polar surface area (TPSA) is 65.8 Å². The van der Waals surface area contributed by atoms with Gasteiger partial charge in [0.05, 0.1) is 11.6 Å². The zero-order valence-electron chi connectivity index (χ0n) is 13.6. The first-order valence-electron chi connectivity index (χ1n) is 7.85. The van der Waals surface area contributed by atoms with E-state index >= 15 is 0 Å². The van der Waals surface area contributed by atoms with E-state index in [0.29, 0.717) is 16.9 Å². The van der Waals surface area contributed by atoms with Gasteiger partial charge in [-0.1, -0.05) is 36.0 Å². The number of carboxylic acid groups (broad SMARTS) is 1. The summed E-state index contributed by atoms with van der Waals surface area (Å²) in [5.74, 6) is -0.416. The molecule has 1 aromatic carbocycles. The number of carbonyl (C=O) groups is 1. The maximum Gasteiger partial charge on any atom is 0.312 e. The van der Waals surface area contributed by atoms with Gasteiger partial charge in [-0.15, -0.1) is 23.7 Å². The molecule has 1 saturated heterocycles. The fourth-order valence-electron chi connectivity index (χ4n) is 3.05. The number of hydrogen-bond acceptors (Lipinski definition) is 5. The van der Waals surface area contributed by atoms with Crippen molar-refractivity contribution in [1.29, 1.82) is 0 Å². The quantitative estimate of drug-likeness (QED) is 0.853. The van der Waals surface area contributed by atoms with Crippen LogP contribution in [0, 0.1) is 0 Å². The Kier molecular flexibility index (Phi) is 5.36. The number of nitrogens with zero attached hydrogens (tertiary/aromatic N) is 3. The molecule has 4 rings (SSSR count). The molecule has 1 aromatic heterocycles. The number of aromatic nitrogens is 1. The van der Waals surface area contributed by atoms with Gasteiger partial charge >= 0.3 is 5.97 Å². The Bertz CT molecular complexity index is 824. The smallest absolute Gasteiger partial charge is 0.312 e. The minimum absolute atomic E-state index is 0. The fraction of sp³-hybridized carbons (Fsp3) is 0.353. The second-order valence-corrected chi connectivity index (χ2v) is 7.90. The number of amidine groups is 1. The summed E-state index contributed by atoms with van der Waals surface area (Å²) in [6.45, 7) is 2.53. The molecule has 0 spiro atoms. The van der Waals surface area contributed by atoms with Gasteiger partial charge in [-0.3, -0.25) is 4.79 Å². The Morgan fingerprint density at radius 1 is 1.40 bits per heavy atom. The van der Waals surface area contributed by atoms with Crippen LogP contribution in [0.1, 0.15) is 29.7 Å². The summed E-state index contributed by atoms with van der Waals surface area (Å²) < 4.78 is 0. The summed E-state index contributed by atoms with van der Waals surface area (Å²) in [4.78, 5) is 22.5. The van der Waals surface area contributed by atoms with Crippen LogP contribution in [0.2, 0.25) is 0 Å². The molecule has 132 valence electrons. The second-order valence-electron chi connectivity index (χ2n) is 6.07. The predicted molar refractivity (Wildman–Crippen MR) is 104 cm³/mol. The van der Waals surface area contributed by atoms with Gasteiger partial charge in [-0.25, -0.2) is 4.98 Å². The van der Waals surface area contributed by atoms with Gasteiger partial charge in [-0.2, -0.15) is 4.99 Å². The first-order valence-corrected chi connectivity index (χ1v) is 9.71. The lowest BCUT2D eigenvalue weighted by atomic mass is 9.95. The van der Waals surface area contributed by atoms with E-state index < -0.39 is 11.9 Å². The van der Waals surface area contributed by atoms with Gasteiger partial charge in [0.2, 0.25) is 5.13 Å². The molecule has 2 atom stereocenters. The van der Waals surface area contributed by atoms with Crippen molar-refractivity contribution in [1.82, 2.24) is 9.88 Å². The van der Waals surface area contributed by atoms with Crippen LogP contribution in [0.3, 0.4) is 0 Å². The standard InChI is InChI=1S/C17H17N3O2S2.ClH/c1-10(15(21)22)14-9-23-16(18-14)19-17-20-7-12-5-3-2-4-11(12)6-13(20)8-24-17;/h2-5,9-10,13H,6-8H2,1H3,(H,21,22);1H/t10?,13-;/m0./s1. The Morgan fingerprint density at radius 2 is 2.16 bits per heavy atom. The third-order valence-electron chi connectivity index (χ3n) is 4.52. The lowest BCUT2D eigenvalue weighted by molar-refractivity contribution is -0.138. The van der Waals surface area contributed by atoms with E-state index in [2.05, 4.69) is 34.1 Å². The molecule has 0 aliphatic carbocycles. The highest BCUT2D eigenvalue weighted by Gasteiger charge is 2.34. The van der Waals surface area contributed by atoms with Crippen LogP contribution in [0.15, 0.2) is 34.6 Å². The maximum atomic E-state index is 11.1. The molecule has 0 saturated carbocycles. The third-order valence-corrected chi connectivity index (χ3v) is 6.41. The summed E-state index contributed by atoms with van der Waals surface area (Å²) in [7, 11) is 0. The van der Waals surface area contributed by atoms with Gasteiger partial charge < -0.3 is 10.0 Å². The van der Waals surface area contributed by atoms with Crippen molar-refractivity contribution in [3.63, 3.8) is 0 Å². The average molecular weight is 396 g/mol. The third kappa shape index (κ3) is 3.54. The van der Waals surface area contributed by atoms with Crippen molar-refractivity contribution in [3.05, 3.63) is 46.5 Å². The second kappa shape index (κ2) is 7.35. The van der Waals surface area contributed by atoms with E-state index in [4.69, 9.17) is 10.1 Å². The Labute approximate surface area is 160 Å². The lowest BCUT2D eigenvalue weighted by Gasteiger charge is -2.32. The molecule has 25 heavy (non-hydrogen) atoms. The van der Waals surface area contributed by atoms with E-state index in [1.54, 1.807) is 24.1 Å². The molecular weight excluding hydrogens is 378 g/mol. The van der Waals surface area contributed by atoms with Crippen LogP contribution in [0.4, 0.5) is 5.13 Å². The van der Waals surface area contributed by atoms with Crippen LogP contribution < -0.4 is 0 Å². The molecule has 8 heteroatoms. The fourth-order valence-corrected chi connectivity index (χ4v) is 5.05. The SMILES string of the molecule is CC(C(=O)O)c1csc(N=C2SC[C@@H]3Cc4ccccc4CN23)n1.Cl. The van der Waals surface area contributed by atoms with E-state index in [9.17, 15) is 4.79 Å². The van der Waals surface area contributed by atoms with Gasteiger partial charge in [0.1, 0.15) is 0 Å². The van der Waals surface area contributed by atoms with Gasteiger partial charge in [0.15, 0.2) is 5.17 Å². The van der Waals surface area contributed by atoms with Gasteiger partial charge in [-0.05, 0) is 24.5 Å². The number of benzene rings is 1. The maximum absolute atomic E-state index is 11.1. The molecule has 1 unspecified atom stereocenters. The molecular formula is C17H18ClN3O2S2. The van der Waals surface area contributed by atoms with E-state index in [-0.39, 0.29) is 12.4 Å². The number of halogens is 1. The highest BCUT2D eigenvalue weighted by molar-refractivity contribution is 8.14. The molecule has 3 heterocycles. The summed E-state index contributed by atoms with van der Waals surface area (Å²) in [6.07, 6.45) is 1.06. The summed E-state index contributed by atoms with van der Waals surface area (Å²) in [6, 6.07) is 9.07. The average Bonchev–Trinajstić information content (AvgIpc) is 3.20. The molecule has 0 bridgehead atoms. The van der Waals surface area contributed by atoms with E-state index in [1.165, 1.54) is 22.5 Å². The number of carboxylic acids is 1. The van der Waals surface area contributed by atoms with Crippen molar-refractivity contribution in [3.8, 4) is 0 Å². The zero-order valence-corrected chi connectivity index (χ0v) is 16.0. The molecule has 1 N–H and O–H groups in total. The van der Waals surface area contributed by atoms with Crippen molar-refractivity contribution < 1.29 is 9.90 Å². The van der Waals surface area contributed by atoms with Crippen LogP contribution in [-0.2, 0) is 17.8 Å². The first-order chi connectivity index (χ1) is 11.6. The summed E-state index contributed by atoms with van der Waals surface area (Å²) in [5.41, 5.74) is 3.38. The van der Waals surface area contributed by atoms with Crippen molar-refractivity contribution in [2.45, 2.75) is 31.8 Å². The monoisotopic (exact) mass is 395 g/mol. The van der Waals surface area contributed by atoms with Crippen LogP contribution >= 0.6 is 35.5 Å². The van der Waals surface area contributed by atoms with E-state index in [1.807, 2.05) is 0 Å². The largest absolute Gasteiger partial charge is 0.481 e. The number of thioether (sulfide) groups is 1. The first kappa shape index (κ1) is 18.2. The Morgan fingerprint density at radius 3 is 2.92 bits per heavy atom. The van der Waals surface area contributed by atoms with Crippen molar-refractivity contribution in [2.24, 2.45) is 4.99 Å². The van der Waals surface area contributed by atoms with Crippen molar-refractivity contribution >= 4 is 51.8 Å². The molecule has 5 nitrogen and oxygen atoms in total. The van der Waals surface area contributed by atoms with Gasteiger partial charge in [0.25, 0.3) is 0 Å². The van der Waals surface area contributed by atoms with Crippen molar-refractivity contribution in [2.75, 3.05) is 5.75 Å². The van der Waals surface area contributed by atoms with Gasteiger partial charge in [0, 0.05) is 23.7 Å². The molecule has 2 aliphatic rings. The highest BCUT2D eigenvalue weighted by atomic mass is 35.5. The number of hydrogen-bond donors (Lipinski definition) is 1. The predicted octanol–water partition coefficient (Wildman–Crippen LogP) is 3.91. The molecule has 2 aromatic rings. The molecule has 1 fully saturated rings.